The van der Waals surface area contributed by atoms with Crippen molar-refractivity contribution >= 4 is 33.3 Å². The quantitative estimate of drug-likeness (QED) is 0.597. The van der Waals surface area contributed by atoms with Gasteiger partial charge in [-0.3, -0.25) is 9.52 Å². The molecule has 1 aliphatic carbocycles. The van der Waals surface area contributed by atoms with Crippen molar-refractivity contribution in [3.05, 3.63) is 35.7 Å². The largest absolute Gasteiger partial charge is 0.303 e. The number of rotatable bonds is 7. The van der Waals surface area contributed by atoms with Crippen molar-refractivity contribution in [2.75, 3.05) is 16.7 Å². The van der Waals surface area contributed by atoms with E-state index in [1.165, 1.54) is 11.8 Å². The number of sulfonamides is 1. The first-order valence-corrected chi connectivity index (χ1v) is 10.4. The number of carbonyl (C=O) groups is 1. The number of nitrogens with one attached hydrogen (secondary N) is 1. The molecule has 1 N–H and O–H groups in total. The van der Waals surface area contributed by atoms with Crippen molar-refractivity contribution in [2.24, 2.45) is 0 Å². The van der Waals surface area contributed by atoms with Crippen molar-refractivity contribution in [1.29, 1.82) is 0 Å². The molecule has 1 heterocycles. The molecule has 2 aromatic rings. The zero-order chi connectivity index (χ0) is 17.3. The third-order valence-electron chi connectivity index (χ3n) is 3.59. The van der Waals surface area contributed by atoms with E-state index in [4.69, 9.17) is 0 Å². The van der Waals surface area contributed by atoms with E-state index in [-0.39, 0.29) is 11.5 Å². The lowest BCUT2D eigenvalue weighted by Gasteiger charge is -2.07. The van der Waals surface area contributed by atoms with Gasteiger partial charge in [-0.15, -0.1) is 10.2 Å². The molecule has 0 saturated heterocycles. The van der Waals surface area contributed by atoms with Gasteiger partial charge < -0.3 is 4.57 Å². The monoisotopic (exact) mass is 366 g/mol. The maximum Gasteiger partial charge on any atom is 0.229 e. The van der Waals surface area contributed by atoms with Crippen LogP contribution in [0.3, 0.4) is 0 Å². The van der Waals surface area contributed by atoms with E-state index in [1.807, 2.05) is 6.92 Å². The first-order chi connectivity index (χ1) is 11.3. The molecule has 0 bridgehead atoms. The van der Waals surface area contributed by atoms with E-state index in [2.05, 4.69) is 19.5 Å². The number of hydrogen-bond acceptors (Lipinski definition) is 6. The number of hydrogen-bond donors (Lipinski definition) is 1. The highest BCUT2D eigenvalue weighted by Crippen LogP contribution is 2.38. The summed E-state index contributed by atoms with van der Waals surface area (Å²) in [6.07, 6.45) is 3.35. The molecule has 1 aromatic heterocycles. The summed E-state index contributed by atoms with van der Waals surface area (Å²) in [4.78, 5) is 12.3. The average Bonchev–Trinajstić information content (AvgIpc) is 3.27. The van der Waals surface area contributed by atoms with E-state index in [1.54, 1.807) is 24.3 Å². The smallest absolute Gasteiger partial charge is 0.229 e. The lowest BCUT2D eigenvalue weighted by atomic mass is 10.1. The third kappa shape index (κ3) is 4.15. The van der Waals surface area contributed by atoms with Gasteiger partial charge in [0.1, 0.15) is 5.82 Å². The molecule has 0 unspecified atom stereocenters. The number of thioether (sulfide) groups is 1. The number of aryl methyl sites for hydroxylation is 1. The summed E-state index contributed by atoms with van der Waals surface area (Å²) in [5.41, 5.74) is 0.974. The predicted octanol–water partition coefficient (Wildman–Crippen LogP) is 2.27. The van der Waals surface area contributed by atoms with Gasteiger partial charge in [-0.25, -0.2) is 8.42 Å². The second-order valence-electron chi connectivity index (χ2n) is 5.79. The Kier molecular flexibility index (Phi) is 4.64. The first kappa shape index (κ1) is 17.0. The Hall–Kier alpha value is -1.87. The fourth-order valence-corrected chi connectivity index (χ4v) is 3.86. The highest BCUT2D eigenvalue weighted by atomic mass is 32.2. The van der Waals surface area contributed by atoms with Crippen LogP contribution in [0, 0.1) is 6.92 Å². The fraction of sp³-hybridized carbons (Fsp3) is 0.400. The van der Waals surface area contributed by atoms with Gasteiger partial charge in [0.25, 0.3) is 0 Å². The van der Waals surface area contributed by atoms with Crippen molar-refractivity contribution in [3.8, 4) is 0 Å². The topological polar surface area (TPSA) is 94.0 Å². The standard InChI is InChI=1S/C15H18N4O3S2/c1-10-16-17-15(19(10)13-7-8-13)23-9-14(20)11-3-5-12(6-4-11)18-24(2,21)22/h3-6,13,18H,7-9H2,1-2H3. The Morgan fingerprint density at radius 3 is 2.54 bits per heavy atom. The van der Waals surface area contributed by atoms with E-state index in [9.17, 15) is 13.2 Å². The minimum atomic E-state index is -3.32. The van der Waals surface area contributed by atoms with Crippen LogP contribution >= 0.6 is 11.8 Å². The lowest BCUT2D eigenvalue weighted by molar-refractivity contribution is 0.102. The molecule has 7 nitrogen and oxygen atoms in total. The molecule has 0 atom stereocenters. The number of anilines is 1. The molecular weight excluding hydrogens is 348 g/mol. The van der Waals surface area contributed by atoms with Gasteiger partial charge in [-0.1, -0.05) is 11.8 Å². The van der Waals surface area contributed by atoms with Crippen LogP contribution in [-0.2, 0) is 10.0 Å². The van der Waals surface area contributed by atoms with E-state index < -0.39 is 10.0 Å². The van der Waals surface area contributed by atoms with Crippen molar-refractivity contribution in [3.63, 3.8) is 0 Å². The maximum atomic E-state index is 12.3. The number of carbonyl (C=O) groups excluding carboxylic acids is 1. The minimum Gasteiger partial charge on any atom is -0.303 e. The molecule has 0 radical (unpaired) electrons. The Morgan fingerprint density at radius 1 is 1.29 bits per heavy atom. The van der Waals surface area contributed by atoms with Crippen LogP contribution in [0.2, 0.25) is 0 Å². The third-order valence-corrected chi connectivity index (χ3v) is 5.14. The van der Waals surface area contributed by atoms with Gasteiger partial charge in [-0.2, -0.15) is 0 Å². The van der Waals surface area contributed by atoms with E-state index in [0.717, 1.165) is 30.1 Å². The summed E-state index contributed by atoms with van der Waals surface area (Å²) >= 11 is 1.38. The number of benzene rings is 1. The summed E-state index contributed by atoms with van der Waals surface area (Å²) in [5.74, 6) is 1.11. The fourth-order valence-electron chi connectivity index (χ4n) is 2.35. The second-order valence-corrected chi connectivity index (χ2v) is 8.49. The predicted molar refractivity (Wildman–Crippen MR) is 93.0 cm³/mol. The van der Waals surface area contributed by atoms with Crippen LogP contribution in [-0.4, -0.2) is 41.0 Å². The lowest BCUT2D eigenvalue weighted by Crippen LogP contribution is -2.10. The van der Waals surface area contributed by atoms with Crippen LogP contribution in [0.4, 0.5) is 5.69 Å². The Labute approximate surface area is 144 Å². The molecular formula is C15H18N4O3S2. The number of ketones is 1. The van der Waals surface area contributed by atoms with Gasteiger partial charge in [0.15, 0.2) is 10.9 Å². The molecule has 9 heteroatoms. The van der Waals surface area contributed by atoms with Crippen molar-refractivity contribution in [1.82, 2.24) is 14.8 Å². The molecule has 3 rings (SSSR count). The highest BCUT2D eigenvalue weighted by Gasteiger charge is 2.28. The zero-order valence-electron chi connectivity index (χ0n) is 13.4. The normalized spacial score (nSPS) is 14.6. The van der Waals surface area contributed by atoms with Gasteiger partial charge in [0, 0.05) is 17.3 Å². The van der Waals surface area contributed by atoms with Crippen LogP contribution in [0.25, 0.3) is 0 Å². The van der Waals surface area contributed by atoms with Gasteiger partial charge in [0.05, 0.1) is 12.0 Å². The molecule has 1 aromatic carbocycles. The van der Waals surface area contributed by atoms with E-state index >= 15 is 0 Å². The summed E-state index contributed by atoms with van der Waals surface area (Å²) in [6, 6.07) is 6.87. The molecule has 1 saturated carbocycles. The molecule has 24 heavy (non-hydrogen) atoms. The summed E-state index contributed by atoms with van der Waals surface area (Å²) in [7, 11) is -3.32. The molecule has 1 fully saturated rings. The first-order valence-electron chi connectivity index (χ1n) is 7.49. The molecule has 128 valence electrons. The SMILES string of the molecule is Cc1nnc(SCC(=O)c2ccc(NS(C)(=O)=O)cc2)n1C1CC1. The van der Waals surface area contributed by atoms with Gasteiger partial charge in [-0.05, 0) is 44.0 Å². The summed E-state index contributed by atoms with van der Waals surface area (Å²) < 4.78 is 26.8. The van der Waals surface area contributed by atoms with Crippen LogP contribution < -0.4 is 4.72 Å². The highest BCUT2D eigenvalue weighted by molar-refractivity contribution is 7.99. The van der Waals surface area contributed by atoms with E-state index in [0.29, 0.717) is 17.3 Å². The number of nitrogens with zero attached hydrogens (tertiary/aromatic N) is 3. The molecule has 0 amide bonds. The van der Waals surface area contributed by atoms with Crippen LogP contribution in [0.5, 0.6) is 0 Å². The van der Waals surface area contributed by atoms with Crippen molar-refractivity contribution < 1.29 is 13.2 Å². The Balaban J connectivity index is 1.63. The van der Waals surface area contributed by atoms with Crippen LogP contribution in [0.15, 0.2) is 29.4 Å². The molecule has 1 aliphatic rings. The summed E-state index contributed by atoms with van der Waals surface area (Å²) in [6.45, 7) is 1.92. The number of aromatic nitrogens is 3. The zero-order valence-corrected chi connectivity index (χ0v) is 15.0. The van der Waals surface area contributed by atoms with Crippen LogP contribution in [0.1, 0.15) is 35.1 Å². The Bertz CT molecular complexity index is 855. The molecule has 0 aliphatic heterocycles. The Morgan fingerprint density at radius 2 is 1.96 bits per heavy atom. The van der Waals surface area contributed by atoms with Gasteiger partial charge >= 0.3 is 0 Å². The minimum absolute atomic E-state index is 0.0334. The van der Waals surface area contributed by atoms with Crippen molar-refractivity contribution in [2.45, 2.75) is 31.0 Å². The summed E-state index contributed by atoms with van der Waals surface area (Å²) in [5, 5.41) is 9.01. The molecule has 0 spiro atoms. The van der Waals surface area contributed by atoms with Gasteiger partial charge in [0.2, 0.25) is 10.0 Å². The second kappa shape index (κ2) is 6.56. The number of Topliss-reactive ketones (excluding diaryl/α,β-unsaturated/α-hetero) is 1. The average molecular weight is 366 g/mol. The maximum absolute atomic E-state index is 12.3.